The zero-order chi connectivity index (χ0) is 30.4. The molecule has 2 saturated heterocycles. The fraction of sp³-hybridized carbons (Fsp3) is 0.478. The Kier molecular flexibility index (Phi) is 10.3. The molecule has 0 amide bonds. The molecule has 0 radical (unpaired) electrons. The van der Waals surface area contributed by atoms with Crippen LogP contribution in [0.3, 0.4) is 0 Å². The Morgan fingerprint density at radius 3 is 1.82 bits per heavy atom. The molecule has 17 heteroatoms. The normalized spacial score (nSPS) is 20.7. The maximum atomic E-state index is 14.9. The Bertz CT molecular complexity index is 1110. The maximum absolute atomic E-state index is 14.9. The lowest BCUT2D eigenvalue weighted by Gasteiger charge is -2.46. The lowest BCUT2D eigenvalue weighted by Crippen LogP contribution is -2.56. The number of rotatable bonds is 3. The van der Waals surface area contributed by atoms with Gasteiger partial charge in [-0.1, -0.05) is 12.1 Å². The summed E-state index contributed by atoms with van der Waals surface area (Å²) in [5.74, 6) is -8.00. The number of hydrogen-bond donors (Lipinski definition) is 2. The van der Waals surface area contributed by atoms with E-state index in [9.17, 15) is 39.5 Å². The summed E-state index contributed by atoms with van der Waals surface area (Å²) in [6.07, 6.45) is -6.64. The van der Waals surface area contributed by atoms with E-state index in [-0.39, 0.29) is 18.8 Å². The van der Waals surface area contributed by atoms with Gasteiger partial charge in [-0.25, -0.2) is 32.7 Å². The number of nitrogens with zero attached hydrogens (tertiary/aromatic N) is 4. The van der Waals surface area contributed by atoms with Gasteiger partial charge in [0.25, 0.3) is 5.92 Å². The number of halogens is 9. The van der Waals surface area contributed by atoms with Crippen molar-refractivity contribution >= 4 is 17.9 Å². The van der Waals surface area contributed by atoms with Crippen LogP contribution >= 0.6 is 0 Å². The third-order valence-electron chi connectivity index (χ3n) is 6.04. The van der Waals surface area contributed by atoms with Crippen molar-refractivity contribution in [3.05, 3.63) is 54.1 Å². The standard InChI is InChI=1S/C19H21F3N4.2C2HF3O2/c20-16-4-2-15(3-5-16)12-25-10-7-19(21,22)18(13-25)6-11-26(14-18)17-23-8-1-9-24-17;2*3-2(4,5)1(6)7/h1-5,8-9H,6-7,10-14H2;2*(H,6,7). The summed E-state index contributed by atoms with van der Waals surface area (Å²) in [6, 6.07) is 7.97. The maximum Gasteiger partial charge on any atom is 0.490 e. The Hall–Kier alpha value is -3.63. The van der Waals surface area contributed by atoms with Crippen LogP contribution in [0.15, 0.2) is 42.7 Å². The van der Waals surface area contributed by atoms with Crippen molar-refractivity contribution in [2.45, 2.75) is 37.7 Å². The van der Waals surface area contributed by atoms with Gasteiger partial charge >= 0.3 is 24.3 Å². The number of carboxylic acid groups (broad SMARTS) is 2. The molecule has 2 fully saturated rings. The predicted molar refractivity (Wildman–Crippen MR) is 120 cm³/mol. The first-order chi connectivity index (χ1) is 18.4. The number of anilines is 1. The molecule has 0 bridgehead atoms. The first-order valence-corrected chi connectivity index (χ1v) is 11.3. The van der Waals surface area contributed by atoms with Crippen LogP contribution in [0.5, 0.6) is 0 Å². The van der Waals surface area contributed by atoms with Crippen molar-refractivity contribution in [3.8, 4) is 0 Å². The number of likely N-dealkylation sites (tertiary alicyclic amines) is 1. The van der Waals surface area contributed by atoms with Crippen molar-refractivity contribution < 1.29 is 59.3 Å². The van der Waals surface area contributed by atoms with Gasteiger partial charge in [-0.3, -0.25) is 4.90 Å². The van der Waals surface area contributed by atoms with Gasteiger partial charge in [0, 0.05) is 51.5 Å². The van der Waals surface area contributed by atoms with E-state index in [1.165, 1.54) is 12.1 Å². The Morgan fingerprint density at radius 1 is 0.850 bits per heavy atom. The molecule has 1 unspecified atom stereocenters. The van der Waals surface area contributed by atoms with E-state index >= 15 is 0 Å². The van der Waals surface area contributed by atoms with Crippen LogP contribution in [-0.2, 0) is 16.1 Å². The molecule has 0 aliphatic carbocycles. The van der Waals surface area contributed by atoms with Crippen molar-refractivity contribution in [3.63, 3.8) is 0 Å². The van der Waals surface area contributed by atoms with Gasteiger partial charge in [0.1, 0.15) is 5.82 Å². The van der Waals surface area contributed by atoms with E-state index in [2.05, 4.69) is 14.9 Å². The van der Waals surface area contributed by atoms with Crippen LogP contribution in [0.4, 0.5) is 45.5 Å². The predicted octanol–water partition coefficient (Wildman–Crippen LogP) is 4.62. The number of carboxylic acids is 2. The lowest BCUT2D eigenvalue weighted by molar-refractivity contribution is -0.193. The topological polar surface area (TPSA) is 107 Å². The van der Waals surface area contributed by atoms with E-state index in [1.54, 1.807) is 30.6 Å². The monoisotopic (exact) mass is 590 g/mol. The van der Waals surface area contributed by atoms with Crippen molar-refractivity contribution in [1.82, 2.24) is 14.9 Å². The zero-order valence-electron chi connectivity index (χ0n) is 20.4. The number of hydrogen-bond acceptors (Lipinski definition) is 6. The fourth-order valence-electron chi connectivity index (χ4n) is 4.09. The van der Waals surface area contributed by atoms with Gasteiger partial charge in [-0.05, 0) is 30.2 Å². The second-order valence-electron chi connectivity index (χ2n) is 8.90. The molecule has 2 N–H and O–H groups in total. The second kappa shape index (κ2) is 12.7. The molecule has 2 aliphatic rings. The molecule has 4 rings (SSSR count). The fourth-order valence-corrected chi connectivity index (χ4v) is 4.09. The van der Waals surface area contributed by atoms with Gasteiger partial charge in [0.2, 0.25) is 5.95 Å². The molecule has 1 aromatic heterocycles. The summed E-state index contributed by atoms with van der Waals surface area (Å²) < 4.78 is 106. The summed E-state index contributed by atoms with van der Waals surface area (Å²) in [4.78, 5) is 30.1. The number of piperidine rings is 1. The van der Waals surface area contributed by atoms with Crippen molar-refractivity contribution in [2.24, 2.45) is 5.41 Å². The van der Waals surface area contributed by atoms with Crippen molar-refractivity contribution in [2.75, 3.05) is 31.1 Å². The molecular weight excluding hydrogens is 567 g/mol. The molecule has 0 saturated carbocycles. The molecule has 40 heavy (non-hydrogen) atoms. The minimum absolute atomic E-state index is 0.155. The molecule has 1 aromatic carbocycles. The van der Waals surface area contributed by atoms with Crippen molar-refractivity contribution in [1.29, 1.82) is 0 Å². The molecule has 2 aromatic rings. The molecule has 1 atom stereocenters. The highest BCUT2D eigenvalue weighted by atomic mass is 19.4. The van der Waals surface area contributed by atoms with E-state index in [0.717, 1.165) is 5.56 Å². The average molecular weight is 590 g/mol. The average Bonchev–Trinajstić information content (AvgIpc) is 3.29. The van der Waals surface area contributed by atoms with E-state index < -0.39 is 35.6 Å². The largest absolute Gasteiger partial charge is 0.490 e. The third kappa shape index (κ3) is 8.96. The van der Waals surface area contributed by atoms with Crippen LogP contribution in [0.2, 0.25) is 0 Å². The number of alkyl halides is 8. The zero-order valence-corrected chi connectivity index (χ0v) is 20.4. The summed E-state index contributed by atoms with van der Waals surface area (Å²) >= 11 is 0. The van der Waals surface area contributed by atoms with Crippen LogP contribution in [0.25, 0.3) is 0 Å². The Balaban J connectivity index is 0.000000333. The van der Waals surface area contributed by atoms with Gasteiger partial charge in [0.05, 0.1) is 5.41 Å². The summed E-state index contributed by atoms with van der Waals surface area (Å²) in [5.41, 5.74) is -0.155. The van der Waals surface area contributed by atoms with E-state index in [1.807, 2.05) is 4.90 Å². The third-order valence-corrected chi connectivity index (χ3v) is 6.04. The number of benzene rings is 1. The number of carbonyl (C=O) groups is 2. The quantitative estimate of drug-likeness (QED) is 0.499. The minimum atomic E-state index is -5.08. The molecule has 8 nitrogen and oxygen atoms in total. The molecule has 1 spiro atoms. The number of aliphatic carboxylic acids is 2. The highest BCUT2D eigenvalue weighted by molar-refractivity contribution is 5.73. The van der Waals surface area contributed by atoms with Crippen LogP contribution in [-0.4, -0.2) is 81.5 Å². The summed E-state index contributed by atoms with van der Waals surface area (Å²) in [5, 5.41) is 14.2. The Morgan fingerprint density at radius 2 is 1.35 bits per heavy atom. The molecule has 2 aliphatic heterocycles. The van der Waals surface area contributed by atoms with Gasteiger partial charge in [-0.2, -0.15) is 26.3 Å². The smallest absolute Gasteiger partial charge is 0.475 e. The minimum Gasteiger partial charge on any atom is -0.475 e. The lowest BCUT2D eigenvalue weighted by atomic mass is 9.75. The van der Waals surface area contributed by atoms with E-state index in [4.69, 9.17) is 19.8 Å². The first-order valence-electron chi connectivity index (χ1n) is 11.3. The van der Waals surface area contributed by atoms with Crippen LogP contribution in [0.1, 0.15) is 18.4 Å². The highest BCUT2D eigenvalue weighted by Gasteiger charge is 2.59. The Labute approximate surface area is 221 Å². The van der Waals surface area contributed by atoms with E-state index in [0.29, 0.717) is 38.5 Å². The molecule has 222 valence electrons. The highest BCUT2D eigenvalue weighted by Crippen LogP contribution is 2.50. The molecular formula is C23H23F9N4O4. The van der Waals surface area contributed by atoms with Crippen LogP contribution < -0.4 is 4.90 Å². The van der Waals surface area contributed by atoms with Gasteiger partial charge in [0.15, 0.2) is 0 Å². The summed E-state index contributed by atoms with van der Waals surface area (Å²) in [6.45, 7) is 2.00. The van der Waals surface area contributed by atoms with Gasteiger partial charge < -0.3 is 15.1 Å². The van der Waals surface area contributed by atoms with Crippen LogP contribution in [0, 0.1) is 11.2 Å². The molecule has 3 heterocycles. The summed E-state index contributed by atoms with van der Waals surface area (Å²) in [7, 11) is 0. The first kappa shape index (κ1) is 32.6. The number of aromatic nitrogens is 2. The SMILES string of the molecule is Fc1ccc(CN2CCC(F)(F)C3(CCN(c4ncccn4)C3)C2)cc1.O=C(O)C(F)(F)F.O=C(O)C(F)(F)F. The second-order valence-corrected chi connectivity index (χ2v) is 8.90. The van der Waals surface area contributed by atoms with Gasteiger partial charge in [-0.15, -0.1) is 0 Å².